The molecule has 2 aliphatic heterocycles. The highest BCUT2D eigenvalue weighted by Gasteiger charge is 2.54. The van der Waals surface area contributed by atoms with Crippen molar-refractivity contribution in [1.82, 2.24) is 10.2 Å². The molecule has 162 valence electrons. The first-order chi connectivity index (χ1) is 13.6. The Hall–Kier alpha value is -1.67. The number of fused-ring (bicyclic) bond motifs is 1. The van der Waals surface area contributed by atoms with Gasteiger partial charge in [-0.15, -0.1) is 0 Å². The summed E-state index contributed by atoms with van der Waals surface area (Å²) in [6, 6.07) is 9.96. The van der Waals surface area contributed by atoms with Crippen molar-refractivity contribution >= 4 is 6.09 Å². The molecule has 1 aromatic carbocycles. The summed E-state index contributed by atoms with van der Waals surface area (Å²) in [6.07, 6.45) is -0.711. The molecule has 1 amide bonds. The lowest BCUT2D eigenvalue weighted by Crippen LogP contribution is -2.49. The summed E-state index contributed by atoms with van der Waals surface area (Å²) in [5, 5.41) is 3.56. The van der Waals surface area contributed by atoms with Crippen molar-refractivity contribution in [2.45, 2.75) is 70.3 Å². The van der Waals surface area contributed by atoms with Gasteiger partial charge in [-0.05, 0) is 40.2 Å². The van der Waals surface area contributed by atoms with Crippen molar-refractivity contribution in [1.29, 1.82) is 0 Å². The number of rotatable bonds is 6. The third-order valence-corrected chi connectivity index (χ3v) is 5.11. The zero-order valence-electron chi connectivity index (χ0n) is 18.3. The number of likely N-dealkylation sites (tertiary alicyclic amines) is 1. The standard InChI is InChI=1S/C22H34N2O5/c1-21(2,3)29-20(25)24-13-18-19(28-22(4,5)27-18)17(24)12-23-16(14-26-6)15-10-8-7-9-11-15/h7-11,16-19,23H,12-14H2,1-6H3/t16-,17+,18-,19+/m0/s1. The number of hydrogen-bond acceptors (Lipinski definition) is 6. The molecule has 0 aromatic heterocycles. The zero-order valence-corrected chi connectivity index (χ0v) is 18.3. The lowest BCUT2D eigenvalue weighted by atomic mass is 10.1. The maximum Gasteiger partial charge on any atom is 0.410 e. The first kappa shape index (κ1) is 22.0. The third kappa shape index (κ3) is 5.48. The first-order valence-corrected chi connectivity index (χ1v) is 10.2. The number of carbonyl (C=O) groups excluding carboxylic acids is 1. The molecule has 0 saturated carbocycles. The van der Waals surface area contributed by atoms with E-state index in [0.29, 0.717) is 19.7 Å². The fraction of sp³-hybridized carbons (Fsp3) is 0.682. The molecule has 29 heavy (non-hydrogen) atoms. The average molecular weight is 407 g/mol. The highest BCUT2D eigenvalue weighted by atomic mass is 16.8. The minimum atomic E-state index is -0.654. The largest absolute Gasteiger partial charge is 0.444 e. The first-order valence-electron chi connectivity index (χ1n) is 10.2. The summed E-state index contributed by atoms with van der Waals surface area (Å²) in [4.78, 5) is 14.6. The number of hydrogen-bond donors (Lipinski definition) is 1. The molecule has 0 radical (unpaired) electrons. The van der Waals surface area contributed by atoms with Crippen LogP contribution in [0.5, 0.6) is 0 Å². The fourth-order valence-electron chi connectivity index (χ4n) is 3.98. The van der Waals surface area contributed by atoms with Crippen LogP contribution in [0.1, 0.15) is 46.2 Å². The maximum atomic E-state index is 12.8. The lowest BCUT2D eigenvalue weighted by Gasteiger charge is -2.32. The summed E-state index contributed by atoms with van der Waals surface area (Å²) in [6.45, 7) is 11.0. The van der Waals surface area contributed by atoms with Gasteiger partial charge in [-0.2, -0.15) is 0 Å². The number of benzene rings is 1. The molecule has 0 bridgehead atoms. The molecule has 0 spiro atoms. The lowest BCUT2D eigenvalue weighted by molar-refractivity contribution is -0.160. The van der Waals surface area contributed by atoms with E-state index < -0.39 is 11.4 Å². The van der Waals surface area contributed by atoms with Gasteiger partial charge in [0.15, 0.2) is 5.79 Å². The van der Waals surface area contributed by atoms with Crippen LogP contribution in [0.2, 0.25) is 0 Å². The molecule has 1 N–H and O–H groups in total. The van der Waals surface area contributed by atoms with Crippen LogP contribution in [0.15, 0.2) is 30.3 Å². The molecule has 2 saturated heterocycles. The summed E-state index contributed by atoms with van der Waals surface area (Å²) in [5.41, 5.74) is 0.577. The van der Waals surface area contributed by atoms with Gasteiger partial charge in [0.25, 0.3) is 0 Å². The van der Waals surface area contributed by atoms with E-state index in [9.17, 15) is 4.79 Å². The average Bonchev–Trinajstić information content (AvgIpc) is 3.10. The number of carbonyl (C=O) groups is 1. The Bertz CT molecular complexity index is 688. The minimum Gasteiger partial charge on any atom is -0.444 e. The predicted octanol–water partition coefficient (Wildman–Crippen LogP) is 3.10. The zero-order chi connectivity index (χ0) is 21.2. The Morgan fingerprint density at radius 3 is 2.59 bits per heavy atom. The van der Waals surface area contributed by atoms with Gasteiger partial charge < -0.3 is 24.3 Å². The number of nitrogens with zero attached hydrogens (tertiary/aromatic N) is 1. The van der Waals surface area contributed by atoms with Crippen LogP contribution < -0.4 is 5.32 Å². The number of ether oxygens (including phenoxy) is 4. The van der Waals surface area contributed by atoms with Crippen LogP contribution in [0.4, 0.5) is 4.79 Å². The van der Waals surface area contributed by atoms with E-state index in [4.69, 9.17) is 18.9 Å². The topological polar surface area (TPSA) is 69.3 Å². The van der Waals surface area contributed by atoms with Crippen molar-refractivity contribution in [3.8, 4) is 0 Å². The molecule has 1 aromatic rings. The second kappa shape index (κ2) is 8.60. The Morgan fingerprint density at radius 2 is 1.97 bits per heavy atom. The molecule has 2 heterocycles. The van der Waals surface area contributed by atoms with Crippen LogP contribution in [-0.2, 0) is 18.9 Å². The van der Waals surface area contributed by atoms with Gasteiger partial charge in [0.2, 0.25) is 0 Å². The van der Waals surface area contributed by atoms with Crippen molar-refractivity contribution < 1.29 is 23.7 Å². The van der Waals surface area contributed by atoms with E-state index in [1.165, 1.54) is 0 Å². The monoisotopic (exact) mass is 406 g/mol. The molecular weight excluding hydrogens is 372 g/mol. The minimum absolute atomic E-state index is 0.0102. The summed E-state index contributed by atoms with van der Waals surface area (Å²) in [5.74, 6) is -0.654. The highest BCUT2D eigenvalue weighted by molar-refractivity contribution is 5.69. The highest BCUT2D eigenvalue weighted by Crippen LogP contribution is 2.37. The molecule has 2 fully saturated rings. The summed E-state index contributed by atoms with van der Waals surface area (Å²) < 4.78 is 23.2. The SMILES string of the molecule is COC[C@H](NC[C@@H]1[C@H]2OC(C)(C)O[C@H]2CN1C(=O)OC(C)(C)C)c1ccccc1. The van der Waals surface area contributed by atoms with Crippen LogP contribution >= 0.6 is 0 Å². The van der Waals surface area contributed by atoms with E-state index in [1.807, 2.05) is 52.8 Å². The van der Waals surface area contributed by atoms with Gasteiger partial charge >= 0.3 is 6.09 Å². The number of methoxy groups -OCH3 is 1. The third-order valence-electron chi connectivity index (χ3n) is 5.11. The fourth-order valence-corrected chi connectivity index (χ4v) is 3.98. The van der Waals surface area contributed by atoms with Gasteiger partial charge in [0.05, 0.1) is 25.2 Å². The molecule has 0 unspecified atom stereocenters. The van der Waals surface area contributed by atoms with Gasteiger partial charge in [0, 0.05) is 13.7 Å². The molecule has 0 aliphatic carbocycles. The second-order valence-corrected chi connectivity index (χ2v) is 9.17. The Balaban J connectivity index is 1.75. The van der Waals surface area contributed by atoms with Crippen LogP contribution in [0, 0.1) is 0 Å². The van der Waals surface area contributed by atoms with E-state index in [0.717, 1.165) is 5.56 Å². The van der Waals surface area contributed by atoms with Crippen molar-refractivity contribution in [3.05, 3.63) is 35.9 Å². The van der Waals surface area contributed by atoms with E-state index in [-0.39, 0.29) is 30.4 Å². The van der Waals surface area contributed by atoms with Crippen molar-refractivity contribution in [2.24, 2.45) is 0 Å². The molecule has 7 heteroatoms. The van der Waals surface area contributed by atoms with Crippen molar-refractivity contribution in [3.63, 3.8) is 0 Å². The number of nitrogens with one attached hydrogen (secondary N) is 1. The summed E-state index contributed by atoms with van der Waals surface area (Å²) in [7, 11) is 1.69. The van der Waals surface area contributed by atoms with Crippen LogP contribution in [0.25, 0.3) is 0 Å². The maximum absolute atomic E-state index is 12.8. The van der Waals surface area contributed by atoms with Gasteiger partial charge in [0.1, 0.15) is 17.8 Å². The Labute approximate surface area is 173 Å². The molecule has 7 nitrogen and oxygen atoms in total. The molecule has 4 atom stereocenters. The van der Waals surface area contributed by atoms with Gasteiger partial charge in [-0.3, -0.25) is 4.90 Å². The molecule has 3 rings (SSSR count). The quantitative estimate of drug-likeness (QED) is 0.783. The van der Waals surface area contributed by atoms with Crippen LogP contribution in [-0.4, -0.2) is 67.4 Å². The van der Waals surface area contributed by atoms with E-state index in [1.54, 1.807) is 12.0 Å². The number of amides is 1. The Morgan fingerprint density at radius 1 is 1.28 bits per heavy atom. The van der Waals surface area contributed by atoms with Crippen molar-refractivity contribution in [2.75, 3.05) is 26.8 Å². The molecular formula is C22H34N2O5. The van der Waals surface area contributed by atoms with Gasteiger partial charge in [-0.1, -0.05) is 30.3 Å². The Kier molecular flexibility index (Phi) is 6.53. The predicted molar refractivity (Wildman–Crippen MR) is 110 cm³/mol. The summed E-state index contributed by atoms with van der Waals surface area (Å²) >= 11 is 0. The van der Waals surface area contributed by atoms with Crippen LogP contribution in [0.3, 0.4) is 0 Å². The second-order valence-electron chi connectivity index (χ2n) is 9.17. The van der Waals surface area contributed by atoms with E-state index >= 15 is 0 Å². The van der Waals surface area contributed by atoms with Gasteiger partial charge in [-0.25, -0.2) is 4.79 Å². The van der Waals surface area contributed by atoms with E-state index in [2.05, 4.69) is 17.4 Å². The molecule has 2 aliphatic rings. The smallest absolute Gasteiger partial charge is 0.410 e. The normalized spacial score (nSPS) is 27.0.